The molecule has 0 spiro atoms. The topological polar surface area (TPSA) is 55.9 Å². The van der Waals surface area contributed by atoms with E-state index in [1.807, 2.05) is 38.1 Å². The molecule has 29 heavy (non-hydrogen) atoms. The predicted octanol–water partition coefficient (Wildman–Crippen LogP) is 6.12. The number of fused-ring (bicyclic) bond motifs is 1. The maximum atomic E-state index is 12.7. The van der Waals surface area contributed by atoms with E-state index in [2.05, 4.69) is 15.4 Å². The van der Waals surface area contributed by atoms with Crippen LogP contribution in [0.5, 0.6) is 0 Å². The number of halogens is 3. The Morgan fingerprint density at radius 3 is 2.52 bits per heavy atom. The first-order valence-electron chi connectivity index (χ1n) is 9.14. The minimum absolute atomic E-state index is 0.210. The second-order valence-corrected chi connectivity index (χ2v) is 7.11. The van der Waals surface area contributed by atoms with Gasteiger partial charge in [-0.05, 0) is 30.3 Å². The van der Waals surface area contributed by atoms with Gasteiger partial charge in [-0.1, -0.05) is 26.0 Å². The fraction of sp³-hybridized carbons (Fsp3) is 0.238. The quantitative estimate of drug-likeness (QED) is 0.438. The number of rotatable bonds is 5. The molecule has 0 saturated carbocycles. The van der Waals surface area contributed by atoms with E-state index >= 15 is 0 Å². The molecule has 0 aliphatic carbocycles. The van der Waals surface area contributed by atoms with Crippen LogP contribution in [0.3, 0.4) is 0 Å². The van der Waals surface area contributed by atoms with E-state index in [0.29, 0.717) is 28.2 Å². The molecule has 4 aromatic rings. The maximum Gasteiger partial charge on any atom is 0.408 e. The average Bonchev–Trinajstić information content (AvgIpc) is 3.28. The highest BCUT2D eigenvalue weighted by Crippen LogP contribution is 2.29. The summed E-state index contributed by atoms with van der Waals surface area (Å²) in [6.45, 7) is 2.91. The number of nitrogens with one attached hydrogen (secondary N) is 1. The van der Waals surface area contributed by atoms with Crippen LogP contribution in [0.25, 0.3) is 22.2 Å². The molecule has 0 atom stereocenters. The molecule has 2 heterocycles. The third-order valence-corrected chi connectivity index (χ3v) is 4.39. The van der Waals surface area contributed by atoms with Gasteiger partial charge in [-0.15, -0.1) is 0 Å². The second-order valence-electron chi connectivity index (χ2n) is 7.11. The maximum absolute atomic E-state index is 12.7. The lowest BCUT2D eigenvalue weighted by Gasteiger charge is -2.08. The van der Waals surface area contributed by atoms with Gasteiger partial charge in [0.05, 0.1) is 11.9 Å². The van der Waals surface area contributed by atoms with Crippen LogP contribution in [0.2, 0.25) is 0 Å². The molecule has 1 N–H and O–H groups in total. The van der Waals surface area contributed by atoms with Gasteiger partial charge in [0.2, 0.25) is 0 Å². The molecule has 0 unspecified atom stereocenters. The largest absolute Gasteiger partial charge is 0.440 e. The van der Waals surface area contributed by atoms with Crippen LogP contribution < -0.4 is 5.32 Å². The molecule has 0 amide bonds. The van der Waals surface area contributed by atoms with E-state index in [1.165, 1.54) is 6.20 Å². The van der Waals surface area contributed by atoms with Crippen LogP contribution in [-0.4, -0.2) is 20.9 Å². The molecular formula is C21H19F3N4O. The Kier molecular flexibility index (Phi) is 4.77. The van der Waals surface area contributed by atoms with Gasteiger partial charge in [0, 0.05) is 28.8 Å². The molecule has 0 fully saturated rings. The highest BCUT2D eigenvalue weighted by Gasteiger charge is 2.28. The number of alkyl halides is 3. The van der Waals surface area contributed by atoms with Gasteiger partial charge in [-0.2, -0.15) is 18.3 Å². The minimum atomic E-state index is -4.32. The number of aromatic nitrogens is 3. The van der Waals surface area contributed by atoms with Crippen LogP contribution in [0.4, 0.5) is 24.5 Å². The lowest BCUT2D eigenvalue weighted by atomic mass is 10.1. The molecule has 2 aromatic carbocycles. The standard InChI is InChI=1S/C21H19F3N4O/c1-13(2)20-25-10-18(29-20)14-6-8-16(9-7-14)26-17-5-3-4-15-11-28(27-19(15)17)12-21(22,23)24/h3-11,13,26H,12H2,1-2H3. The Bertz CT molecular complexity index is 1130. The zero-order chi connectivity index (χ0) is 20.6. The summed E-state index contributed by atoms with van der Waals surface area (Å²) in [6, 6.07) is 12.8. The van der Waals surface area contributed by atoms with Gasteiger partial charge in [0.1, 0.15) is 12.1 Å². The van der Waals surface area contributed by atoms with E-state index in [0.717, 1.165) is 15.9 Å². The van der Waals surface area contributed by atoms with Crippen molar-refractivity contribution in [1.82, 2.24) is 14.8 Å². The van der Waals surface area contributed by atoms with Crippen molar-refractivity contribution < 1.29 is 17.6 Å². The van der Waals surface area contributed by atoms with E-state index in [-0.39, 0.29) is 5.92 Å². The van der Waals surface area contributed by atoms with Gasteiger partial charge >= 0.3 is 6.18 Å². The first-order valence-corrected chi connectivity index (χ1v) is 9.14. The lowest BCUT2D eigenvalue weighted by Crippen LogP contribution is -2.17. The fourth-order valence-electron chi connectivity index (χ4n) is 3.02. The fourth-order valence-corrected chi connectivity index (χ4v) is 3.02. The number of oxazole rings is 1. The van der Waals surface area contributed by atoms with E-state index in [9.17, 15) is 13.2 Å². The molecular weight excluding hydrogens is 381 g/mol. The molecule has 0 aliphatic heterocycles. The highest BCUT2D eigenvalue weighted by molar-refractivity contribution is 5.92. The van der Waals surface area contributed by atoms with Crippen molar-refractivity contribution in [3.8, 4) is 11.3 Å². The van der Waals surface area contributed by atoms with Crippen LogP contribution in [-0.2, 0) is 6.54 Å². The number of nitrogens with zero attached hydrogens (tertiary/aromatic N) is 3. The molecule has 0 radical (unpaired) electrons. The SMILES string of the molecule is CC(C)c1ncc(-c2ccc(Nc3cccc4cn(CC(F)(F)F)nc34)cc2)o1. The van der Waals surface area contributed by atoms with Crippen LogP contribution >= 0.6 is 0 Å². The average molecular weight is 400 g/mol. The summed E-state index contributed by atoms with van der Waals surface area (Å²) in [5.74, 6) is 1.58. The highest BCUT2D eigenvalue weighted by atomic mass is 19.4. The minimum Gasteiger partial charge on any atom is -0.440 e. The van der Waals surface area contributed by atoms with Crippen LogP contribution in [0.1, 0.15) is 25.7 Å². The summed E-state index contributed by atoms with van der Waals surface area (Å²) in [5, 5.41) is 7.95. The smallest absolute Gasteiger partial charge is 0.408 e. The predicted molar refractivity (Wildman–Crippen MR) is 105 cm³/mol. The van der Waals surface area contributed by atoms with Crippen molar-refractivity contribution in [3.63, 3.8) is 0 Å². The number of hydrogen-bond donors (Lipinski definition) is 1. The molecule has 0 saturated heterocycles. The van der Waals surface area contributed by atoms with Crippen molar-refractivity contribution in [2.24, 2.45) is 0 Å². The Balaban J connectivity index is 1.56. The van der Waals surface area contributed by atoms with Crippen LogP contribution in [0, 0.1) is 0 Å². The lowest BCUT2D eigenvalue weighted by molar-refractivity contribution is -0.142. The Hall–Kier alpha value is -3.29. The van der Waals surface area contributed by atoms with Crippen molar-refractivity contribution in [2.75, 3.05) is 5.32 Å². The zero-order valence-corrected chi connectivity index (χ0v) is 15.9. The van der Waals surface area contributed by atoms with Gasteiger partial charge in [0.15, 0.2) is 11.7 Å². The number of anilines is 2. The van der Waals surface area contributed by atoms with Crippen LogP contribution in [0.15, 0.2) is 59.3 Å². The number of hydrogen-bond acceptors (Lipinski definition) is 4. The van der Waals surface area contributed by atoms with E-state index in [4.69, 9.17) is 4.42 Å². The first-order chi connectivity index (χ1) is 13.8. The third kappa shape index (κ3) is 4.26. The summed E-state index contributed by atoms with van der Waals surface area (Å²) in [5.41, 5.74) is 2.80. The van der Waals surface area contributed by atoms with Crippen molar-refractivity contribution in [2.45, 2.75) is 32.5 Å². The zero-order valence-electron chi connectivity index (χ0n) is 15.9. The van der Waals surface area contributed by atoms with Gasteiger partial charge < -0.3 is 9.73 Å². The van der Waals surface area contributed by atoms with Crippen molar-refractivity contribution in [1.29, 1.82) is 0 Å². The molecule has 0 aliphatic rings. The summed E-state index contributed by atoms with van der Waals surface area (Å²) in [7, 11) is 0. The molecule has 0 bridgehead atoms. The monoisotopic (exact) mass is 400 g/mol. The molecule has 150 valence electrons. The molecule has 2 aromatic heterocycles. The van der Waals surface area contributed by atoms with Gasteiger partial charge in [-0.25, -0.2) is 4.98 Å². The van der Waals surface area contributed by atoms with Crippen molar-refractivity contribution >= 4 is 22.3 Å². The normalized spacial score (nSPS) is 12.1. The van der Waals surface area contributed by atoms with Crippen molar-refractivity contribution in [3.05, 3.63) is 60.7 Å². The van der Waals surface area contributed by atoms with Gasteiger partial charge in [0.25, 0.3) is 0 Å². The molecule has 5 nitrogen and oxygen atoms in total. The Labute approximate surface area is 165 Å². The Morgan fingerprint density at radius 2 is 1.86 bits per heavy atom. The summed E-state index contributed by atoms with van der Waals surface area (Å²) in [4.78, 5) is 4.27. The Morgan fingerprint density at radius 1 is 1.10 bits per heavy atom. The van der Waals surface area contributed by atoms with E-state index in [1.54, 1.807) is 24.4 Å². The summed E-state index contributed by atoms with van der Waals surface area (Å²) >= 11 is 0. The van der Waals surface area contributed by atoms with E-state index < -0.39 is 12.7 Å². The summed E-state index contributed by atoms with van der Waals surface area (Å²) in [6.07, 6.45) is -1.22. The first kappa shape index (κ1) is 19.0. The second kappa shape index (κ2) is 7.27. The molecule has 4 rings (SSSR count). The summed E-state index contributed by atoms with van der Waals surface area (Å²) < 4.78 is 44.6. The number of benzene rings is 2. The van der Waals surface area contributed by atoms with Gasteiger partial charge in [-0.3, -0.25) is 4.68 Å². The third-order valence-electron chi connectivity index (χ3n) is 4.39. The molecule has 8 heteroatoms.